The van der Waals surface area contributed by atoms with Crippen molar-refractivity contribution in [1.29, 1.82) is 0 Å². The summed E-state index contributed by atoms with van der Waals surface area (Å²) < 4.78 is 0. The van der Waals surface area contributed by atoms with Crippen molar-refractivity contribution < 1.29 is 14.7 Å². The van der Waals surface area contributed by atoms with Gasteiger partial charge in [0.05, 0.1) is 16.9 Å². The summed E-state index contributed by atoms with van der Waals surface area (Å²) in [5.74, 6) is -0.976. The van der Waals surface area contributed by atoms with E-state index in [-0.39, 0.29) is 23.5 Å². The Kier molecular flexibility index (Phi) is 6.58. The van der Waals surface area contributed by atoms with Gasteiger partial charge in [0.25, 0.3) is 0 Å². The van der Waals surface area contributed by atoms with Crippen molar-refractivity contribution in [2.75, 3.05) is 11.4 Å². The molecule has 0 saturated heterocycles. The molecule has 7 heteroatoms. The van der Waals surface area contributed by atoms with Crippen molar-refractivity contribution in [1.82, 2.24) is 0 Å². The number of halogens is 2. The van der Waals surface area contributed by atoms with E-state index in [1.165, 1.54) is 11.8 Å². The van der Waals surface area contributed by atoms with Gasteiger partial charge in [-0.1, -0.05) is 55.2 Å². The molecule has 0 saturated carbocycles. The van der Waals surface area contributed by atoms with Crippen LogP contribution in [0.15, 0.2) is 42.5 Å². The van der Waals surface area contributed by atoms with E-state index in [2.05, 4.69) is 0 Å². The Morgan fingerprint density at radius 1 is 1.18 bits per heavy atom. The zero-order valence-corrected chi connectivity index (χ0v) is 17.9. The minimum Gasteiger partial charge on any atom is -0.481 e. The number of anilines is 1. The van der Waals surface area contributed by atoms with Gasteiger partial charge in [0.2, 0.25) is 5.91 Å². The molecule has 2 aromatic rings. The summed E-state index contributed by atoms with van der Waals surface area (Å²) in [7, 11) is 0. The Hall–Kier alpha value is -1.69. The van der Waals surface area contributed by atoms with Gasteiger partial charge < -0.3 is 10.0 Å². The molecule has 1 N–H and O–H groups in total. The second kappa shape index (κ2) is 8.76. The molecule has 1 amide bonds. The van der Waals surface area contributed by atoms with Crippen LogP contribution < -0.4 is 4.90 Å². The average molecular weight is 438 g/mol. The second-order valence-corrected chi connectivity index (χ2v) is 9.33. The van der Waals surface area contributed by atoms with Gasteiger partial charge in [-0.3, -0.25) is 9.59 Å². The number of hydrogen-bond acceptors (Lipinski definition) is 3. The molecular weight excluding hydrogens is 417 g/mol. The van der Waals surface area contributed by atoms with E-state index in [1.54, 1.807) is 17.0 Å². The van der Waals surface area contributed by atoms with Gasteiger partial charge in [0.1, 0.15) is 0 Å². The number of carbonyl (C=O) groups is 2. The molecule has 1 heterocycles. The summed E-state index contributed by atoms with van der Waals surface area (Å²) >= 11 is 14.1. The van der Waals surface area contributed by atoms with Gasteiger partial charge in [-0.25, -0.2) is 0 Å². The fourth-order valence-electron chi connectivity index (χ4n) is 3.35. The molecule has 1 unspecified atom stereocenters. The predicted molar refractivity (Wildman–Crippen MR) is 116 cm³/mol. The number of nitrogens with zero attached hydrogens (tertiary/aromatic N) is 1. The largest absolute Gasteiger partial charge is 0.481 e. The number of rotatable bonds is 5. The topological polar surface area (TPSA) is 57.6 Å². The quantitative estimate of drug-likeness (QED) is 0.654. The smallest absolute Gasteiger partial charge is 0.305 e. The fraction of sp³-hybridized carbons (Fsp3) is 0.333. The molecule has 2 atom stereocenters. The van der Waals surface area contributed by atoms with Crippen molar-refractivity contribution in [3.05, 3.63) is 63.6 Å². The number of amides is 1. The summed E-state index contributed by atoms with van der Waals surface area (Å²) in [6, 6.07) is 12.9. The summed E-state index contributed by atoms with van der Waals surface area (Å²) in [5, 5.41) is 9.50. The van der Waals surface area contributed by atoms with Crippen molar-refractivity contribution in [2.45, 2.75) is 30.8 Å². The molecule has 1 aliphatic heterocycles. The number of carboxylic acid groups (broad SMARTS) is 1. The van der Waals surface area contributed by atoms with Crippen LogP contribution in [0.4, 0.5) is 5.69 Å². The van der Waals surface area contributed by atoms with Gasteiger partial charge in [-0.2, -0.15) is 0 Å². The number of hydrogen-bond donors (Lipinski definition) is 1. The molecule has 0 fully saturated rings. The van der Waals surface area contributed by atoms with Gasteiger partial charge in [0, 0.05) is 22.3 Å². The third kappa shape index (κ3) is 4.48. The zero-order valence-electron chi connectivity index (χ0n) is 15.6. The number of fused-ring (bicyclic) bond motifs is 1. The molecule has 0 spiro atoms. The predicted octanol–water partition coefficient (Wildman–Crippen LogP) is 5.66. The van der Waals surface area contributed by atoms with Gasteiger partial charge in [0.15, 0.2) is 0 Å². The number of aliphatic carboxylic acids is 1. The van der Waals surface area contributed by atoms with Gasteiger partial charge in [-0.15, -0.1) is 11.8 Å². The third-order valence-electron chi connectivity index (χ3n) is 4.50. The van der Waals surface area contributed by atoms with E-state index in [9.17, 15) is 14.7 Å². The van der Waals surface area contributed by atoms with Crippen molar-refractivity contribution in [2.24, 2.45) is 5.92 Å². The van der Waals surface area contributed by atoms with Gasteiger partial charge >= 0.3 is 5.97 Å². The zero-order chi connectivity index (χ0) is 20.4. The van der Waals surface area contributed by atoms with Crippen molar-refractivity contribution in [3.8, 4) is 0 Å². The SMILES string of the molecule is CC(C)CN1C(=O)[C@@H](CC(=O)O)SC(c2ccccc2Cl)c2cc(Cl)ccc21. The van der Waals surface area contributed by atoms with Crippen molar-refractivity contribution in [3.63, 3.8) is 0 Å². The Bertz CT molecular complexity index is 903. The van der Waals surface area contributed by atoms with E-state index in [4.69, 9.17) is 23.2 Å². The first-order chi connectivity index (χ1) is 13.3. The normalized spacial score (nSPS) is 19.5. The molecule has 148 valence electrons. The van der Waals surface area contributed by atoms with E-state index in [0.29, 0.717) is 16.6 Å². The van der Waals surface area contributed by atoms with Crippen molar-refractivity contribution >= 4 is 52.5 Å². The molecule has 0 bridgehead atoms. The highest BCUT2D eigenvalue weighted by Gasteiger charge is 2.38. The van der Waals surface area contributed by atoms with Gasteiger partial charge in [-0.05, 0) is 41.3 Å². The molecule has 2 aromatic carbocycles. The molecule has 0 aliphatic carbocycles. The molecule has 3 rings (SSSR count). The van der Waals surface area contributed by atoms with Crippen LogP contribution in [0, 0.1) is 5.92 Å². The first-order valence-electron chi connectivity index (χ1n) is 9.00. The average Bonchev–Trinajstić information content (AvgIpc) is 2.72. The standard InChI is InChI=1S/C21H21Cl2NO3S/c1-12(2)11-24-17-8-7-13(22)9-15(17)20(14-5-3-4-6-16(14)23)28-18(21(24)27)10-19(25)26/h3-9,12,18,20H,10-11H2,1-2H3,(H,25,26)/t18-,20?/m1/s1. The minimum absolute atomic E-state index is 0.195. The molecule has 0 radical (unpaired) electrons. The maximum atomic E-state index is 13.3. The molecule has 0 aromatic heterocycles. The lowest BCUT2D eigenvalue weighted by Gasteiger charge is -2.27. The van der Waals surface area contributed by atoms with Crippen LogP contribution in [0.5, 0.6) is 0 Å². The molecule has 28 heavy (non-hydrogen) atoms. The lowest BCUT2D eigenvalue weighted by molar-refractivity contribution is -0.138. The van der Waals surface area contributed by atoms with Crippen LogP contribution >= 0.6 is 35.0 Å². The van der Waals surface area contributed by atoms with Crippen LogP contribution in [0.3, 0.4) is 0 Å². The Balaban J connectivity index is 2.20. The lowest BCUT2D eigenvalue weighted by Crippen LogP contribution is -2.40. The third-order valence-corrected chi connectivity index (χ3v) is 6.56. The van der Waals surface area contributed by atoms with Crippen LogP contribution in [-0.2, 0) is 9.59 Å². The first kappa shape index (κ1) is 21.0. The summed E-state index contributed by atoms with van der Waals surface area (Å²) in [5.41, 5.74) is 2.47. The number of thioether (sulfide) groups is 1. The first-order valence-corrected chi connectivity index (χ1v) is 10.7. The number of carboxylic acids is 1. The van der Waals surface area contributed by atoms with Crippen LogP contribution in [0.2, 0.25) is 10.0 Å². The lowest BCUT2D eigenvalue weighted by atomic mass is 10.0. The van der Waals surface area contributed by atoms with E-state index >= 15 is 0 Å². The summed E-state index contributed by atoms with van der Waals surface area (Å²) in [6.07, 6.45) is -0.249. The molecule has 1 aliphatic rings. The number of benzene rings is 2. The summed E-state index contributed by atoms with van der Waals surface area (Å²) in [4.78, 5) is 26.5. The fourth-order valence-corrected chi connectivity index (χ4v) is 5.33. The number of carbonyl (C=O) groups excluding carboxylic acids is 1. The Labute approximate surface area is 178 Å². The second-order valence-electron chi connectivity index (χ2n) is 7.17. The monoisotopic (exact) mass is 437 g/mol. The van der Waals surface area contributed by atoms with E-state index in [0.717, 1.165) is 16.8 Å². The Morgan fingerprint density at radius 3 is 2.54 bits per heavy atom. The highest BCUT2D eigenvalue weighted by atomic mass is 35.5. The van der Waals surface area contributed by atoms with Crippen LogP contribution in [-0.4, -0.2) is 28.8 Å². The molecule has 4 nitrogen and oxygen atoms in total. The highest BCUT2D eigenvalue weighted by Crippen LogP contribution is 2.49. The van der Waals surface area contributed by atoms with Crippen LogP contribution in [0.25, 0.3) is 0 Å². The summed E-state index contributed by atoms with van der Waals surface area (Å²) in [6.45, 7) is 4.55. The Morgan fingerprint density at radius 2 is 1.89 bits per heavy atom. The highest BCUT2D eigenvalue weighted by molar-refractivity contribution is 8.01. The molecular formula is C21H21Cl2NO3S. The van der Waals surface area contributed by atoms with E-state index in [1.807, 2.05) is 44.2 Å². The maximum Gasteiger partial charge on any atom is 0.305 e. The maximum absolute atomic E-state index is 13.3. The minimum atomic E-state index is -1.00. The van der Waals surface area contributed by atoms with E-state index < -0.39 is 11.2 Å². The van der Waals surface area contributed by atoms with Crippen LogP contribution in [0.1, 0.15) is 36.6 Å².